The van der Waals surface area contributed by atoms with Crippen molar-refractivity contribution in [2.24, 2.45) is 0 Å². The molecule has 0 saturated heterocycles. The summed E-state index contributed by atoms with van der Waals surface area (Å²) >= 11 is 1.35. The van der Waals surface area contributed by atoms with E-state index in [0.717, 1.165) is 5.69 Å². The number of rotatable bonds is 7. The molecule has 10 heteroatoms. The number of carbonyl (C=O) groups is 2. The van der Waals surface area contributed by atoms with E-state index in [1.54, 1.807) is 19.3 Å². The van der Waals surface area contributed by atoms with Crippen LogP contribution in [0.25, 0.3) is 17.3 Å². The highest BCUT2D eigenvalue weighted by molar-refractivity contribution is 7.99. The number of ether oxygens (including phenoxy) is 1. The maximum Gasteiger partial charge on any atom is 0.337 e. The molecule has 2 aromatic heterocycles. The van der Waals surface area contributed by atoms with Gasteiger partial charge in [0.15, 0.2) is 10.9 Å². The summed E-state index contributed by atoms with van der Waals surface area (Å²) in [6.07, 6.45) is 1.58. The van der Waals surface area contributed by atoms with E-state index in [2.05, 4.69) is 20.8 Å². The second kappa shape index (κ2) is 8.87. The molecule has 0 atom stereocenters. The minimum Gasteiger partial charge on any atom is -0.463 e. The third-order valence-electron chi connectivity index (χ3n) is 4.31. The van der Waals surface area contributed by atoms with E-state index in [1.165, 1.54) is 11.8 Å². The first-order valence-electron chi connectivity index (χ1n) is 9.29. The Morgan fingerprint density at radius 1 is 1.23 bits per heavy atom. The fraction of sp³-hybridized carbons (Fsp3) is 0.200. The van der Waals surface area contributed by atoms with Gasteiger partial charge in [-0.2, -0.15) is 0 Å². The molecule has 3 heterocycles. The van der Waals surface area contributed by atoms with E-state index in [-0.39, 0.29) is 19.2 Å². The lowest BCUT2D eigenvalue weighted by atomic mass is 10.2. The fourth-order valence-electron chi connectivity index (χ4n) is 2.94. The zero-order valence-electron chi connectivity index (χ0n) is 16.1. The lowest BCUT2D eigenvalue weighted by Gasteiger charge is -2.21. The standard InChI is InChI=1S/C20H19N5O4S/c1-2-28-18(26)14-11-21-19(27)22-15(14)12-30-20-24-23-17(16-9-6-10-29-16)25(20)13-7-4-3-5-8-13/h3-10H,2,11-12H2,1H3,(H2,21,22,27). The molecule has 1 aliphatic rings. The quantitative estimate of drug-likeness (QED) is 0.442. The normalized spacial score (nSPS) is 13.7. The first-order valence-corrected chi connectivity index (χ1v) is 10.3. The minimum absolute atomic E-state index is 0.115. The Morgan fingerprint density at radius 2 is 2.07 bits per heavy atom. The highest BCUT2D eigenvalue weighted by atomic mass is 32.2. The fourth-order valence-corrected chi connectivity index (χ4v) is 3.88. The van der Waals surface area contributed by atoms with Gasteiger partial charge in [-0.25, -0.2) is 9.59 Å². The number of urea groups is 1. The Bertz CT molecular complexity index is 1080. The van der Waals surface area contributed by atoms with Crippen LogP contribution in [0, 0.1) is 0 Å². The summed E-state index contributed by atoms with van der Waals surface area (Å²) in [7, 11) is 0. The minimum atomic E-state index is -0.457. The first-order chi connectivity index (χ1) is 14.7. The Balaban J connectivity index is 1.66. The molecular formula is C20H19N5O4S. The molecule has 3 aromatic rings. The highest BCUT2D eigenvalue weighted by Gasteiger charge is 2.25. The van der Waals surface area contributed by atoms with Gasteiger partial charge in [-0.3, -0.25) is 4.57 Å². The van der Waals surface area contributed by atoms with Gasteiger partial charge in [0, 0.05) is 17.1 Å². The third kappa shape index (κ3) is 4.08. The number of esters is 1. The number of para-hydroxylation sites is 1. The van der Waals surface area contributed by atoms with Crippen LogP contribution in [-0.2, 0) is 9.53 Å². The molecule has 0 bridgehead atoms. The van der Waals surface area contributed by atoms with Gasteiger partial charge >= 0.3 is 12.0 Å². The number of aromatic nitrogens is 3. The number of thioether (sulfide) groups is 1. The second-order valence-corrected chi connectivity index (χ2v) is 7.17. The highest BCUT2D eigenvalue weighted by Crippen LogP contribution is 2.29. The van der Waals surface area contributed by atoms with Crippen LogP contribution in [-0.4, -0.2) is 45.7 Å². The molecule has 0 aliphatic carbocycles. The predicted octanol–water partition coefficient (Wildman–Crippen LogP) is 2.75. The molecule has 154 valence electrons. The van der Waals surface area contributed by atoms with Crippen molar-refractivity contribution in [3.8, 4) is 17.3 Å². The van der Waals surface area contributed by atoms with Gasteiger partial charge in [0.05, 0.1) is 25.0 Å². The lowest BCUT2D eigenvalue weighted by molar-refractivity contribution is -0.138. The first kappa shape index (κ1) is 19.8. The summed E-state index contributed by atoms with van der Waals surface area (Å²) in [5.74, 6) is 0.994. The predicted molar refractivity (Wildman–Crippen MR) is 110 cm³/mol. The molecular weight excluding hydrogens is 406 g/mol. The molecule has 2 N–H and O–H groups in total. The van der Waals surface area contributed by atoms with Crippen LogP contribution in [0.1, 0.15) is 6.92 Å². The van der Waals surface area contributed by atoms with Gasteiger partial charge in [0.2, 0.25) is 5.82 Å². The zero-order valence-corrected chi connectivity index (χ0v) is 16.9. The molecule has 9 nitrogen and oxygen atoms in total. The van der Waals surface area contributed by atoms with Crippen LogP contribution < -0.4 is 10.6 Å². The van der Waals surface area contributed by atoms with Crippen LogP contribution in [0.4, 0.5) is 4.79 Å². The molecule has 0 unspecified atom stereocenters. The number of furan rings is 1. The van der Waals surface area contributed by atoms with Gasteiger partial charge in [-0.05, 0) is 31.2 Å². The number of amides is 2. The van der Waals surface area contributed by atoms with Gasteiger partial charge in [0.25, 0.3) is 0 Å². The summed E-state index contributed by atoms with van der Waals surface area (Å²) in [5.41, 5.74) is 1.75. The molecule has 1 aliphatic heterocycles. The van der Waals surface area contributed by atoms with Crippen molar-refractivity contribution in [2.45, 2.75) is 12.1 Å². The smallest absolute Gasteiger partial charge is 0.337 e. The number of nitrogens with zero attached hydrogens (tertiary/aromatic N) is 3. The zero-order chi connectivity index (χ0) is 20.9. The van der Waals surface area contributed by atoms with E-state index < -0.39 is 5.97 Å². The summed E-state index contributed by atoms with van der Waals surface area (Å²) < 4.78 is 12.5. The number of hydrogen-bond acceptors (Lipinski definition) is 7. The molecule has 1 aromatic carbocycles. The van der Waals surface area contributed by atoms with Crippen LogP contribution in [0.2, 0.25) is 0 Å². The van der Waals surface area contributed by atoms with Gasteiger partial charge in [0.1, 0.15) is 0 Å². The summed E-state index contributed by atoms with van der Waals surface area (Å²) in [6.45, 7) is 2.11. The van der Waals surface area contributed by atoms with Crippen LogP contribution in [0.5, 0.6) is 0 Å². The van der Waals surface area contributed by atoms with Crippen molar-refractivity contribution in [1.82, 2.24) is 25.4 Å². The molecule has 30 heavy (non-hydrogen) atoms. The number of nitrogens with one attached hydrogen (secondary N) is 2. The van der Waals surface area contributed by atoms with E-state index in [9.17, 15) is 9.59 Å². The Morgan fingerprint density at radius 3 is 2.80 bits per heavy atom. The van der Waals surface area contributed by atoms with Gasteiger partial charge in [-0.1, -0.05) is 30.0 Å². The molecule has 0 radical (unpaired) electrons. The van der Waals surface area contributed by atoms with Gasteiger partial charge in [-0.15, -0.1) is 10.2 Å². The number of benzene rings is 1. The van der Waals surface area contributed by atoms with Crippen LogP contribution in [0.3, 0.4) is 0 Å². The van der Waals surface area contributed by atoms with Crippen molar-refractivity contribution >= 4 is 23.8 Å². The Labute approximate surface area is 176 Å². The van der Waals surface area contributed by atoms with Crippen LogP contribution >= 0.6 is 11.8 Å². The maximum absolute atomic E-state index is 12.2. The van der Waals surface area contributed by atoms with E-state index in [4.69, 9.17) is 9.15 Å². The topological polar surface area (TPSA) is 111 Å². The lowest BCUT2D eigenvalue weighted by Crippen LogP contribution is -2.44. The average molecular weight is 425 g/mol. The van der Waals surface area contributed by atoms with E-state index in [0.29, 0.717) is 33.8 Å². The molecule has 0 fully saturated rings. The van der Waals surface area contributed by atoms with Gasteiger partial charge < -0.3 is 19.8 Å². The van der Waals surface area contributed by atoms with Crippen molar-refractivity contribution in [1.29, 1.82) is 0 Å². The Hall–Kier alpha value is -3.53. The van der Waals surface area contributed by atoms with Crippen molar-refractivity contribution in [3.63, 3.8) is 0 Å². The monoisotopic (exact) mass is 425 g/mol. The van der Waals surface area contributed by atoms with Crippen molar-refractivity contribution in [2.75, 3.05) is 18.9 Å². The van der Waals surface area contributed by atoms with Crippen LogP contribution in [0.15, 0.2) is 69.6 Å². The summed E-state index contributed by atoms with van der Waals surface area (Å²) in [4.78, 5) is 24.0. The van der Waals surface area contributed by atoms with E-state index in [1.807, 2.05) is 41.0 Å². The van der Waals surface area contributed by atoms with E-state index >= 15 is 0 Å². The number of hydrogen-bond donors (Lipinski definition) is 2. The largest absolute Gasteiger partial charge is 0.463 e. The number of carbonyl (C=O) groups excluding carboxylic acids is 2. The van der Waals surface area contributed by atoms with Crippen molar-refractivity contribution < 1.29 is 18.7 Å². The molecule has 0 spiro atoms. The SMILES string of the molecule is CCOC(=O)C1=C(CSc2nnc(-c3ccco3)n2-c2ccccc2)NC(=O)NC1. The molecule has 2 amide bonds. The average Bonchev–Trinajstić information content (AvgIpc) is 3.43. The summed E-state index contributed by atoms with van der Waals surface area (Å²) in [5, 5.41) is 14.5. The summed E-state index contributed by atoms with van der Waals surface area (Å²) in [6, 6.07) is 12.9. The van der Waals surface area contributed by atoms with Crippen molar-refractivity contribution in [3.05, 3.63) is 60.0 Å². The second-order valence-electron chi connectivity index (χ2n) is 6.23. The maximum atomic E-state index is 12.2. The molecule has 0 saturated carbocycles. The Kier molecular flexibility index (Phi) is 5.84. The third-order valence-corrected chi connectivity index (χ3v) is 5.27. The molecule has 4 rings (SSSR count).